The third-order valence-electron chi connectivity index (χ3n) is 1.24. The summed E-state index contributed by atoms with van der Waals surface area (Å²) in [5.74, 6) is 0. The van der Waals surface area contributed by atoms with Crippen LogP contribution in [0.25, 0.3) is 10.2 Å². The number of hydrogen-bond acceptors (Lipinski definition) is 2. The molecule has 0 saturated carbocycles. The molecule has 0 aliphatic rings. The van der Waals surface area contributed by atoms with Crippen LogP contribution in [-0.4, -0.2) is 34.5 Å². The van der Waals surface area contributed by atoms with Crippen molar-refractivity contribution in [1.82, 2.24) is 4.98 Å². The van der Waals surface area contributed by atoms with Crippen molar-refractivity contribution in [3.05, 3.63) is 29.8 Å². The number of aromatic nitrogens is 1. The Labute approximate surface area is 97.5 Å². The Bertz CT molecular complexity index is 292. The number of thiazole rings is 1. The molecule has 0 amide bonds. The summed E-state index contributed by atoms with van der Waals surface area (Å²) in [4.78, 5) is 4.14. The Morgan fingerprint density at radius 2 is 1.91 bits per heavy atom. The minimum Gasteiger partial charge on any atom is -0.245 e. The molecule has 0 radical (unpaired) electrons. The first kappa shape index (κ1) is 11.4. The average Bonchev–Trinajstić information content (AvgIpc) is 2.33. The topological polar surface area (TPSA) is 12.9 Å². The molecule has 2 aromatic rings. The SMILES string of the molecule is Cl.[NaH].c1ccc2scnc2c1. The molecule has 0 spiro atoms. The second-order valence-electron chi connectivity index (χ2n) is 1.82. The summed E-state index contributed by atoms with van der Waals surface area (Å²) in [6.45, 7) is 0. The number of nitrogens with zero attached hydrogens (tertiary/aromatic N) is 1. The molecule has 0 aliphatic carbocycles. The van der Waals surface area contributed by atoms with Gasteiger partial charge >= 0.3 is 29.6 Å². The molecule has 0 fully saturated rings. The first-order valence-electron chi connectivity index (χ1n) is 2.75. The zero-order valence-electron chi connectivity index (χ0n) is 5.15. The second-order valence-corrected chi connectivity index (χ2v) is 2.71. The Hall–Kier alpha value is 0.400. The van der Waals surface area contributed by atoms with Gasteiger partial charge in [0.05, 0.1) is 15.7 Å². The van der Waals surface area contributed by atoms with Gasteiger partial charge in [0, 0.05) is 0 Å². The third-order valence-corrected chi connectivity index (χ3v) is 2.05. The van der Waals surface area contributed by atoms with E-state index in [0.717, 1.165) is 5.52 Å². The maximum Gasteiger partial charge on any atom is 0.0812 e. The van der Waals surface area contributed by atoms with E-state index in [4.69, 9.17) is 0 Å². The van der Waals surface area contributed by atoms with Gasteiger partial charge in [0.2, 0.25) is 0 Å². The smallest absolute Gasteiger partial charge is 0.0812 e. The van der Waals surface area contributed by atoms with Crippen LogP contribution in [0, 0.1) is 0 Å². The predicted octanol–water partition coefficient (Wildman–Crippen LogP) is 2.07. The minimum atomic E-state index is 0. The second kappa shape index (κ2) is 5.12. The van der Waals surface area contributed by atoms with Gasteiger partial charge in [0.15, 0.2) is 0 Å². The van der Waals surface area contributed by atoms with Crippen molar-refractivity contribution in [1.29, 1.82) is 0 Å². The normalized spacial score (nSPS) is 8.36. The number of rotatable bonds is 0. The number of benzene rings is 1. The van der Waals surface area contributed by atoms with Gasteiger partial charge in [-0.15, -0.1) is 23.7 Å². The Kier molecular flexibility index (Phi) is 5.30. The molecular formula is C7H7ClNNaS. The fraction of sp³-hybridized carbons (Fsp3) is 0. The molecule has 4 heteroatoms. The predicted molar refractivity (Wildman–Crippen MR) is 54.0 cm³/mol. The van der Waals surface area contributed by atoms with Gasteiger partial charge < -0.3 is 0 Å². The van der Waals surface area contributed by atoms with Crippen LogP contribution in [-0.2, 0) is 0 Å². The van der Waals surface area contributed by atoms with Crippen LogP contribution in [0.4, 0.5) is 0 Å². The van der Waals surface area contributed by atoms with E-state index in [0.29, 0.717) is 0 Å². The van der Waals surface area contributed by atoms with E-state index in [1.807, 2.05) is 23.7 Å². The molecule has 1 aromatic heterocycles. The molecule has 0 saturated heterocycles. The molecule has 0 aliphatic heterocycles. The van der Waals surface area contributed by atoms with Crippen molar-refractivity contribution in [2.45, 2.75) is 0 Å². The van der Waals surface area contributed by atoms with E-state index in [1.165, 1.54) is 4.70 Å². The number of hydrogen-bond donors (Lipinski definition) is 0. The van der Waals surface area contributed by atoms with Crippen molar-refractivity contribution < 1.29 is 0 Å². The van der Waals surface area contributed by atoms with Crippen molar-refractivity contribution in [3.8, 4) is 0 Å². The van der Waals surface area contributed by atoms with Crippen LogP contribution in [0.1, 0.15) is 0 Å². The molecular weight excluding hydrogens is 189 g/mol. The molecule has 0 unspecified atom stereocenters. The summed E-state index contributed by atoms with van der Waals surface area (Å²) in [6.07, 6.45) is 0. The zero-order chi connectivity index (χ0) is 6.10. The van der Waals surface area contributed by atoms with E-state index in [2.05, 4.69) is 11.1 Å². The van der Waals surface area contributed by atoms with Gasteiger partial charge in [-0.1, -0.05) is 12.1 Å². The van der Waals surface area contributed by atoms with Gasteiger partial charge in [-0.25, -0.2) is 4.98 Å². The van der Waals surface area contributed by atoms with Crippen molar-refractivity contribution in [3.63, 3.8) is 0 Å². The fourth-order valence-electron chi connectivity index (χ4n) is 0.803. The Balaban J connectivity index is 0.000000500. The first-order valence-corrected chi connectivity index (χ1v) is 3.63. The van der Waals surface area contributed by atoms with E-state index in [9.17, 15) is 0 Å². The summed E-state index contributed by atoms with van der Waals surface area (Å²) >= 11 is 1.68. The summed E-state index contributed by atoms with van der Waals surface area (Å²) in [5.41, 5.74) is 2.97. The largest absolute Gasteiger partial charge is 0.245 e. The van der Waals surface area contributed by atoms with Crippen molar-refractivity contribution in [2.75, 3.05) is 0 Å². The van der Waals surface area contributed by atoms with Crippen LogP contribution in [0.5, 0.6) is 0 Å². The van der Waals surface area contributed by atoms with Gasteiger partial charge in [0.25, 0.3) is 0 Å². The third kappa shape index (κ3) is 2.42. The molecule has 0 atom stereocenters. The zero-order valence-corrected chi connectivity index (χ0v) is 6.78. The molecule has 1 heterocycles. The van der Waals surface area contributed by atoms with Crippen molar-refractivity contribution >= 4 is 63.5 Å². The number of halogens is 1. The maximum absolute atomic E-state index is 4.14. The van der Waals surface area contributed by atoms with Gasteiger partial charge in [0.1, 0.15) is 0 Å². The quantitative estimate of drug-likeness (QED) is 0.587. The van der Waals surface area contributed by atoms with Crippen LogP contribution in [0.2, 0.25) is 0 Å². The molecule has 1 nitrogen and oxygen atoms in total. The maximum atomic E-state index is 4.14. The van der Waals surface area contributed by atoms with Crippen LogP contribution >= 0.6 is 23.7 Å². The van der Waals surface area contributed by atoms with Gasteiger partial charge in [-0.05, 0) is 12.1 Å². The number of fused-ring (bicyclic) bond motifs is 1. The molecule has 2 rings (SSSR count). The first-order chi connectivity index (χ1) is 4.47. The Morgan fingerprint density at radius 3 is 2.64 bits per heavy atom. The summed E-state index contributed by atoms with van der Waals surface area (Å²) < 4.78 is 1.26. The monoisotopic (exact) mass is 195 g/mol. The van der Waals surface area contributed by atoms with Crippen LogP contribution < -0.4 is 0 Å². The fourth-order valence-corrected chi connectivity index (χ4v) is 1.48. The van der Waals surface area contributed by atoms with Crippen LogP contribution in [0.3, 0.4) is 0 Å². The van der Waals surface area contributed by atoms with E-state index in [-0.39, 0.29) is 42.0 Å². The molecule has 11 heavy (non-hydrogen) atoms. The average molecular weight is 196 g/mol. The van der Waals surface area contributed by atoms with E-state index >= 15 is 0 Å². The minimum absolute atomic E-state index is 0. The van der Waals surface area contributed by atoms with Gasteiger partial charge in [-0.3, -0.25) is 0 Å². The summed E-state index contributed by atoms with van der Waals surface area (Å²) in [5, 5.41) is 0. The summed E-state index contributed by atoms with van der Waals surface area (Å²) in [6, 6.07) is 8.13. The molecule has 1 aromatic carbocycles. The Morgan fingerprint density at radius 1 is 1.18 bits per heavy atom. The molecule has 0 N–H and O–H groups in total. The van der Waals surface area contributed by atoms with Gasteiger partial charge in [-0.2, -0.15) is 0 Å². The molecule has 0 bridgehead atoms. The number of para-hydroxylation sites is 1. The summed E-state index contributed by atoms with van der Waals surface area (Å²) in [7, 11) is 0. The van der Waals surface area contributed by atoms with E-state index in [1.54, 1.807) is 11.3 Å². The van der Waals surface area contributed by atoms with Crippen molar-refractivity contribution in [2.24, 2.45) is 0 Å². The molecule has 54 valence electrons. The van der Waals surface area contributed by atoms with E-state index < -0.39 is 0 Å². The van der Waals surface area contributed by atoms with Crippen LogP contribution in [0.15, 0.2) is 29.8 Å². The standard InChI is InChI=1S/C7H5NS.ClH.Na.H/c1-2-4-7-6(3-1)8-5-9-7;;;/h1-5H;1H;;.